The van der Waals surface area contributed by atoms with Crippen LogP contribution in [0.5, 0.6) is 11.5 Å². The average Bonchev–Trinajstić information content (AvgIpc) is 2.23. The van der Waals surface area contributed by atoms with Crippen LogP contribution in [0.3, 0.4) is 0 Å². The molecule has 0 saturated carbocycles. The minimum Gasteiger partial charge on any atom is -0.505 e. The number of nitrogens with zero attached hydrogens (tertiary/aromatic N) is 1. The summed E-state index contributed by atoms with van der Waals surface area (Å²) in [6.45, 7) is 0. The molecule has 0 aliphatic heterocycles. The SMILES string of the molecule is [B]c1c(O)c(O)c(Cl)c(/C(Cl)=N/O)c1F. The highest BCUT2D eigenvalue weighted by Gasteiger charge is 2.22. The van der Waals surface area contributed by atoms with E-state index in [1.165, 1.54) is 0 Å². The van der Waals surface area contributed by atoms with E-state index in [-0.39, 0.29) is 0 Å². The Bertz CT molecular complexity index is 423. The lowest BCUT2D eigenvalue weighted by molar-refractivity contribution is 0.320. The fourth-order valence-corrected chi connectivity index (χ4v) is 1.40. The first-order valence-electron chi connectivity index (χ1n) is 3.48. The van der Waals surface area contributed by atoms with Crippen molar-refractivity contribution in [1.29, 1.82) is 0 Å². The third kappa shape index (κ3) is 1.82. The maximum Gasteiger partial charge on any atom is 0.179 e. The predicted molar refractivity (Wildman–Crippen MR) is 54.3 cm³/mol. The van der Waals surface area contributed by atoms with Gasteiger partial charge in [0, 0.05) is 0 Å². The molecule has 15 heavy (non-hydrogen) atoms. The monoisotopic (exact) mass is 249 g/mol. The molecule has 0 aliphatic carbocycles. The Labute approximate surface area is 95.0 Å². The topological polar surface area (TPSA) is 73.0 Å². The summed E-state index contributed by atoms with van der Waals surface area (Å²) in [4.78, 5) is 0. The van der Waals surface area contributed by atoms with Gasteiger partial charge in [-0.2, -0.15) is 0 Å². The van der Waals surface area contributed by atoms with Gasteiger partial charge in [-0.3, -0.25) is 0 Å². The van der Waals surface area contributed by atoms with Crippen molar-refractivity contribution in [2.45, 2.75) is 0 Å². The molecule has 4 nitrogen and oxygen atoms in total. The van der Waals surface area contributed by atoms with Crippen molar-refractivity contribution in [1.82, 2.24) is 0 Å². The molecule has 1 rings (SSSR count). The minimum absolute atomic E-state index is 0.589. The molecule has 0 spiro atoms. The predicted octanol–water partition coefficient (Wildman–Crippen LogP) is 1.06. The Kier molecular flexibility index (Phi) is 3.31. The van der Waals surface area contributed by atoms with Gasteiger partial charge in [0.05, 0.1) is 10.6 Å². The third-order valence-corrected chi connectivity index (χ3v) is 2.29. The van der Waals surface area contributed by atoms with Gasteiger partial charge in [-0.05, 0) is 5.46 Å². The maximum absolute atomic E-state index is 13.4. The first-order chi connectivity index (χ1) is 6.91. The lowest BCUT2D eigenvalue weighted by atomic mass is 9.91. The molecule has 2 radical (unpaired) electrons. The van der Waals surface area contributed by atoms with Crippen molar-refractivity contribution in [3.8, 4) is 11.5 Å². The van der Waals surface area contributed by atoms with Crippen molar-refractivity contribution < 1.29 is 19.8 Å². The molecular formula is C7H3BCl2FNO3. The molecule has 0 aromatic heterocycles. The lowest BCUT2D eigenvalue weighted by Gasteiger charge is -2.10. The van der Waals surface area contributed by atoms with Crippen LogP contribution in [-0.4, -0.2) is 28.4 Å². The van der Waals surface area contributed by atoms with Crippen LogP contribution in [0, 0.1) is 5.82 Å². The smallest absolute Gasteiger partial charge is 0.179 e. The zero-order chi connectivity index (χ0) is 11.7. The highest BCUT2D eigenvalue weighted by molar-refractivity contribution is 6.70. The second-order valence-electron chi connectivity index (χ2n) is 2.50. The van der Waals surface area contributed by atoms with E-state index >= 15 is 0 Å². The highest BCUT2D eigenvalue weighted by Crippen LogP contribution is 2.36. The van der Waals surface area contributed by atoms with Crippen LogP contribution in [0.25, 0.3) is 0 Å². The number of hydrogen-bond donors (Lipinski definition) is 3. The Balaban J connectivity index is 3.67. The molecule has 0 unspecified atom stereocenters. The molecule has 1 aromatic carbocycles. The molecule has 0 aliphatic rings. The summed E-state index contributed by atoms with van der Waals surface area (Å²) in [6, 6.07) is 0. The van der Waals surface area contributed by atoms with E-state index in [0.717, 1.165) is 0 Å². The van der Waals surface area contributed by atoms with E-state index in [1.807, 2.05) is 0 Å². The summed E-state index contributed by atoms with van der Waals surface area (Å²) < 4.78 is 13.4. The molecule has 0 saturated heterocycles. The van der Waals surface area contributed by atoms with Crippen LogP contribution in [0.2, 0.25) is 5.02 Å². The van der Waals surface area contributed by atoms with Gasteiger partial charge in [-0.1, -0.05) is 28.4 Å². The molecule has 1 aromatic rings. The number of benzene rings is 1. The second kappa shape index (κ2) is 4.16. The zero-order valence-corrected chi connectivity index (χ0v) is 8.51. The van der Waals surface area contributed by atoms with Crippen molar-refractivity contribution >= 4 is 41.7 Å². The standard InChI is InChI=1S/C7H3BCl2FNO3/c8-2-4(11)1(7(10)12-15)3(9)6(14)5(2)13/h13-15H/b12-7-. The number of phenolic OH excluding ortho intramolecular Hbond substituents is 2. The maximum atomic E-state index is 13.4. The van der Waals surface area contributed by atoms with Gasteiger partial charge in [0.1, 0.15) is 13.7 Å². The normalized spacial score (nSPS) is 11.8. The van der Waals surface area contributed by atoms with Gasteiger partial charge in [0.15, 0.2) is 16.7 Å². The summed E-state index contributed by atoms with van der Waals surface area (Å²) >= 11 is 10.8. The molecule has 0 bridgehead atoms. The third-order valence-electron chi connectivity index (χ3n) is 1.66. The Morgan fingerprint density at radius 2 is 1.87 bits per heavy atom. The Hall–Kier alpha value is -1.14. The van der Waals surface area contributed by atoms with E-state index in [4.69, 9.17) is 41.4 Å². The van der Waals surface area contributed by atoms with Crippen LogP contribution in [-0.2, 0) is 0 Å². The molecule has 0 fully saturated rings. The van der Waals surface area contributed by atoms with Crippen LogP contribution < -0.4 is 5.46 Å². The summed E-state index contributed by atoms with van der Waals surface area (Å²) in [7, 11) is 5.11. The molecule has 0 atom stereocenters. The molecule has 78 valence electrons. The number of rotatable bonds is 1. The van der Waals surface area contributed by atoms with Gasteiger partial charge in [-0.25, -0.2) is 4.39 Å². The van der Waals surface area contributed by atoms with Gasteiger partial charge in [0.2, 0.25) is 0 Å². The molecule has 0 heterocycles. The van der Waals surface area contributed by atoms with Gasteiger partial charge in [0.25, 0.3) is 0 Å². The number of aromatic hydroxyl groups is 2. The average molecular weight is 250 g/mol. The van der Waals surface area contributed by atoms with Gasteiger partial charge < -0.3 is 15.4 Å². The number of phenols is 2. The van der Waals surface area contributed by atoms with Crippen LogP contribution in [0.15, 0.2) is 5.16 Å². The van der Waals surface area contributed by atoms with Gasteiger partial charge >= 0.3 is 0 Å². The molecule has 3 N–H and O–H groups in total. The summed E-state index contributed by atoms with van der Waals surface area (Å²) in [5.74, 6) is -2.92. The Morgan fingerprint density at radius 1 is 1.33 bits per heavy atom. The molecular weight excluding hydrogens is 247 g/mol. The first kappa shape index (κ1) is 11.9. The summed E-state index contributed by atoms with van der Waals surface area (Å²) in [5, 5.41) is 27.9. The van der Waals surface area contributed by atoms with E-state index in [2.05, 4.69) is 5.16 Å². The van der Waals surface area contributed by atoms with Crippen LogP contribution in [0.1, 0.15) is 5.56 Å². The fraction of sp³-hybridized carbons (Fsp3) is 0. The first-order valence-corrected chi connectivity index (χ1v) is 4.23. The highest BCUT2D eigenvalue weighted by atomic mass is 35.5. The quantitative estimate of drug-likeness (QED) is 0.229. The van der Waals surface area contributed by atoms with Crippen molar-refractivity contribution in [3.05, 3.63) is 16.4 Å². The number of oxime groups is 1. The van der Waals surface area contributed by atoms with Crippen LogP contribution in [0.4, 0.5) is 4.39 Å². The minimum atomic E-state index is -1.18. The number of halogens is 3. The van der Waals surface area contributed by atoms with E-state index in [0.29, 0.717) is 0 Å². The van der Waals surface area contributed by atoms with Crippen LogP contribution >= 0.6 is 23.2 Å². The lowest BCUT2D eigenvalue weighted by Crippen LogP contribution is -2.15. The second-order valence-corrected chi connectivity index (χ2v) is 3.24. The van der Waals surface area contributed by atoms with Gasteiger partial charge in [-0.15, -0.1) is 0 Å². The van der Waals surface area contributed by atoms with E-state index < -0.39 is 38.5 Å². The van der Waals surface area contributed by atoms with Crippen molar-refractivity contribution in [3.63, 3.8) is 0 Å². The summed E-state index contributed by atoms with van der Waals surface area (Å²) in [6.07, 6.45) is 0. The summed E-state index contributed by atoms with van der Waals surface area (Å²) in [5.41, 5.74) is -1.33. The van der Waals surface area contributed by atoms with Crippen molar-refractivity contribution in [2.75, 3.05) is 0 Å². The van der Waals surface area contributed by atoms with E-state index in [9.17, 15) is 9.50 Å². The van der Waals surface area contributed by atoms with E-state index in [1.54, 1.807) is 0 Å². The molecule has 8 heteroatoms. The Morgan fingerprint density at radius 3 is 2.33 bits per heavy atom. The van der Waals surface area contributed by atoms with Crippen molar-refractivity contribution in [2.24, 2.45) is 5.16 Å². The fourth-order valence-electron chi connectivity index (χ4n) is 0.916. The molecule has 0 amide bonds. The number of hydrogen-bond acceptors (Lipinski definition) is 4. The largest absolute Gasteiger partial charge is 0.505 e. The zero-order valence-electron chi connectivity index (χ0n) is 7.00.